The van der Waals surface area contributed by atoms with E-state index in [1.165, 1.54) is 4.90 Å². The standard InChI is InChI=1S/C12H23N3O4/c1-4-12(5-2,10(17)18)8-14-11(19)15(6-3)7-9(13)16/h4-8H2,1-3H3,(H2,13,16)(H,14,19)(H,17,18). The number of urea groups is 1. The van der Waals surface area contributed by atoms with Gasteiger partial charge in [0.25, 0.3) is 0 Å². The summed E-state index contributed by atoms with van der Waals surface area (Å²) in [7, 11) is 0. The maximum Gasteiger partial charge on any atom is 0.317 e. The summed E-state index contributed by atoms with van der Waals surface area (Å²) in [4.78, 5) is 35.1. The summed E-state index contributed by atoms with van der Waals surface area (Å²) < 4.78 is 0. The third-order valence-corrected chi connectivity index (χ3v) is 3.40. The lowest BCUT2D eigenvalue weighted by atomic mass is 9.82. The number of hydrogen-bond acceptors (Lipinski definition) is 3. The zero-order valence-electron chi connectivity index (χ0n) is 11.7. The van der Waals surface area contributed by atoms with Gasteiger partial charge in [-0.05, 0) is 19.8 Å². The molecule has 0 aliphatic rings. The molecule has 3 amide bonds. The molecular weight excluding hydrogens is 250 g/mol. The number of carbonyl (C=O) groups is 3. The number of carboxylic acids is 1. The van der Waals surface area contributed by atoms with Crippen LogP contribution in [0, 0.1) is 5.41 Å². The number of nitrogens with zero attached hydrogens (tertiary/aromatic N) is 1. The number of carboxylic acid groups (broad SMARTS) is 1. The Hall–Kier alpha value is -1.79. The Morgan fingerprint density at radius 3 is 2.05 bits per heavy atom. The topological polar surface area (TPSA) is 113 Å². The normalized spacial score (nSPS) is 10.9. The van der Waals surface area contributed by atoms with Crippen LogP contribution in [0.4, 0.5) is 4.79 Å². The highest BCUT2D eigenvalue weighted by atomic mass is 16.4. The molecule has 0 saturated carbocycles. The number of aliphatic carboxylic acids is 1. The van der Waals surface area contributed by atoms with Crippen molar-refractivity contribution in [2.24, 2.45) is 11.1 Å². The van der Waals surface area contributed by atoms with E-state index < -0.39 is 23.3 Å². The van der Waals surface area contributed by atoms with E-state index in [2.05, 4.69) is 5.32 Å². The lowest BCUT2D eigenvalue weighted by molar-refractivity contribution is -0.149. The van der Waals surface area contributed by atoms with Gasteiger partial charge in [-0.3, -0.25) is 9.59 Å². The van der Waals surface area contributed by atoms with Gasteiger partial charge in [0.15, 0.2) is 0 Å². The van der Waals surface area contributed by atoms with Crippen LogP contribution in [0.5, 0.6) is 0 Å². The number of amides is 3. The molecule has 0 aromatic carbocycles. The van der Waals surface area contributed by atoms with Crippen molar-refractivity contribution in [1.82, 2.24) is 10.2 Å². The molecule has 7 heteroatoms. The first-order valence-electron chi connectivity index (χ1n) is 6.37. The molecule has 0 rings (SSSR count). The summed E-state index contributed by atoms with van der Waals surface area (Å²) in [5.41, 5.74) is 4.06. The summed E-state index contributed by atoms with van der Waals surface area (Å²) >= 11 is 0. The van der Waals surface area contributed by atoms with Crippen molar-refractivity contribution in [2.75, 3.05) is 19.6 Å². The van der Waals surface area contributed by atoms with Crippen molar-refractivity contribution in [3.8, 4) is 0 Å². The van der Waals surface area contributed by atoms with Gasteiger partial charge in [0.1, 0.15) is 6.54 Å². The van der Waals surface area contributed by atoms with E-state index in [0.29, 0.717) is 19.4 Å². The highest BCUT2D eigenvalue weighted by Gasteiger charge is 2.35. The minimum Gasteiger partial charge on any atom is -0.481 e. The van der Waals surface area contributed by atoms with Crippen molar-refractivity contribution in [3.63, 3.8) is 0 Å². The van der Waals surface area contributed by atoms with Crippen molar-refractivity contribution in [1.29, 1.82) is 0 Å². The average molecular weight is 273 g/mol. The van der Waals surface area contributed by atoms with Crippen LogP contribution in [0.25, 0.3) is 0 Å². The lowest BCUT2D eigenvalue weighted by Crippen LogP contribution is -2.49. The molecule has 0 aliphatic carbocycles. The summed E-state index contributed by atoms with van der Waals surface area (Å²) in [5, 5.41) is 11.8. The quantitative estimate of drug-likeness (QED) is 0.594. The van der Waals surface area contributed by atoms with E-state index in [4.69, 9.17) is 5.73 Å². The number of hydrogen-bond donors (Lipinski definition) is 3. The Kier molecular flexibility index (Phi) is 6.89. The van der Waals surface area contributed by atoms with Crippen LogP contribution in [0.15, 0.2) is 0 Å². The second-order valence-electron chi connectivity index (χ2n) is 4.43. The Morgan fingerprint density at radius 2 is 1.74 bits per heavy atom. The first kappa shape index (κ1) is 17.2. The van der Waals surface area contributed by atoms with Gasteiger partial charge in [-0.25, -0.2) is 4.79 Å². The average Bonchev–Trinajstić information content (AvgIpc) is 2.36. The minimum absolute atomic E-state index is 0.0312. The van der Waals surface area contributed by atoms with Crippen LogP contribution in [-0.2, 0) is 9.59 Å². The number of nitrogens with two attached hydrogens (primary N) is 1. The summed E-state index contributed by atoms with van der Waals surface area (Å²) in [6, 6.07) is -0.478. The van der Waals surface area contributed by atoms with Crippen LogP contribution in [0.1, 0.15) is 33.6 Å². The molecule has 0 fully saturated rings. The fourth-order valence-electron chi connectivity index (χ4n) is 1.75. The van der Waals surface area contributed by atoms with E-state index in [9.17, 15) is 19.5 Å². The maximum absolute atomic E-state index is 11.8. The van der Waals surface area contributed by atoms with Crippen molar-refractivity contribution >= 4 is 17.9 Å². The summed E-state index contributed by atoms with van der Waals surface area (Å²) in [6.45, 7) is 5.43. The Labute approximate surface area is 113 Å². The highest BCUT2D eigenvalue weighted by Crippen LogP contribution is 2.25. The molecule has 7 nitrogen and oxygen atoms in total. The van der Waals surface area contributed by atoms with Gasteiger partial charge in [-0.1, -0.05) is 13.8 Å². The van der Waals surface area contributed by atoms with Gasteiger partial charge in [-0.15, -0.1) is 0 Å². The van der Waals surface area contributed by atoms with E-state index in [0.717, 1.165) is 0 Å². The third-order valence-electron chi connectivity index (χ3n) is 3.40. The Bertz CT molecular complexity index is 340. The molecule has 0 aliphatic heterocycles. The van der Waals surface area contributed by atoms with E-state index >= 15 is 0 Å². The molecule has 0 radical (unpaired) electrons. The monoisotopic (exact) mass is 273 g/mol. The highest BCUT2D eigenvalue weighted by molar-refractivity contribution is 5.83. The number of primary amides is 1. The Morgan fingerprint density at radius 1 is 1.21 bits per heavy atom. The molecule has 0 saturated heterocycles. The third kappa shape index (κ3) is 4.76. The zero-order valence-corrected chi connectivity index (χ0v) is 11.7. The lowest BCUT2D eigenvalue weighted by Gasteiger charge is -2.28. The molecule has 0 atom stereocenters. The molecule has 0 unspecified atom stereocenters. The van der Waals surface area contributed by atoms with E-state index in [1.54, 1.807) is 20.8 Å². The van der Waals surface area contributed by atoms with Crippen molar-refractivity contribution in [3.05, 3.63) is 0 Å². The van der Waals surface area contributed by atoms with Crippen LogP contribution >= 0.6 is 0 Å². The van der Waals surface area contributed by atoms with Crippen LogP contribution in [0.3, 0.4) is 0 Å². The summed E-state index contributed by atoms with van der Waals surface area (Å²) in [5.74, 6) is -1.54. The van der Waals surface area contributed by atoms with Crippen molar-refractivity contribution < 1.29 is 19.5 Å². The SMILES string of the molecule is CCN(CC(N)=O)C(=O)NCC(CC)(CC)C(=O)O. The predicted molar refractivity (Wildman–Crippen MR) is 70.5 cm³/mol. The number of rotatable bonds is 8. The molecular formula is C12H23N3O4. The van der Waals surface area contributed by atoms with E-state index in [-0.39, 0.29) is 13.1 Å². The van der Waals surface area contributed by atoms with Crippen LogP contribution in [-0.4, -0.2) is 47.5 Å². The van der Waals surface area contributed by atoms with Crippen LogP contribution in [0.2, 0.25) is 0 Å². The number of likely N-dealkylation sites (N-methyl/N-ethyl adjacent to an activating group) is 1. The Balaban J connectivity index is 4.63. The van der Waals surface area contributed by atoms with Gasteiger partial charge >= 0.3 is 12.0 Å². The first-order valence-corrected chi connectivity index (χ1v) is 6.37. The van der Waals surface area contributed by atoms with Gasteiger partial charge in [0.2, 0.25) is 5.91 Å². The smallest absolute Gasteiger partial charge is 0.317 e. The molecule has 0 aromatic heterocycles. The van der Waals surface area contributed by atoms with Gasteiger partial charge in [0, 0.05) is 13.1 Å². The number of nitrogens with one attached hydrogen (secondary N) is 1. The summed E-state index contributed by atoms with van der Waals surface area (Å²) in [6.07, 6.45) is 0.835. The molecule has 19 heavy (non-hydrogen) atoms. The zero-order chi connectivity index (χ0) is 15.1. The van der Waals surface area contributed by atoms with Gasteiger partial charge in [0.05, 0.1) is 5.41 Å². The van der Waals surface area contributed by atoms with Gasteiger partial charge < -0.3 is 21.1 Å². The molecule has 0 aromatic rings. The molecule has 0 heterocycles. The first-order chi connectivity index (χ1) is 8.82. The minimum atomic E-state index is -0.970. The van der Waals surface area contributed by atoms with Crippen LogP contribution < -0.4 is 11.1 Å². The van der Waals surface area contributed by atoms with Gasteiger partial charge in [-0.2, -0.15) is 0 Å². The largest absolute Gasteiger partial charge is 0.481 e. The molecule has 0 spiro atoms. The number of carbonyl (C=O) groups excluding carboxylic acids is 2. The predicted octanol–water partition coefficient (Wildman–Crippen LogP) is 0.394. The van der Waals surface area contributed by atoms with Crippen molar-refractivity contribution in [2.45, 2.75) is 33.6 Å². The van der Waals surface area contributed by atoms with E-state index in [1.807, 2.05) is 0 Å². The molecule has 4 N–H and O–H groups in total. The fraction of sp³-hybridized carbons (Fsp3) is 0.750. The maximum atomic E-state index is 11.8. The molecule has 0 bridgehead atoms. The molecule has 110 valence electrons. The second kappa shape index (κ2) is 7.60. The second-order valence-corrected chi connectivity index (χ2v) is 4.43. The fourth-order valence-corrected chi connectivity index (χ4v) is 1.75.